The average molecular weight is 262 g/mol. The minimum Gasteiger partial charge on any atom is -0.372 e. The number of hydrogen-bond donors (Lipinski definition) is 1. The van der Waals surface area contributed by atoms with Gasteiger partial charge in [-0.3, -0.25) is 4.79 Å². The molecule has 2 heterocycles. The second-order valence-corrected chi connectivity index (χ2v) is 4.78. The molecule has 0 aromatic carbocycles. The zero-order valence-electron chi connectivity index (χ0n) is 12.1. The Morgan fingerprint density at radius 2 is 2.16 bits per heavy atom. The lowest BCUT2D eigenvalue weighted by molar-refractivity contribution is -0.0277. The molecule has 1 aromatic heterocycles. The van der Waals surface area contributed by atoms with Crippen molar-refractivity contribution in [2.24, 2.45) is 0 Å². The standard InChI is InChI=1S/C13H16N2O2.C2H6/c1-4-10-7-11(12(16)14-8-10)15-5-6-17-13(2,3)9-15;1-2/h1,7-8H,5-6,9H2,2-3H3,(H,14,16);1-2H3. The van der Waals surface area contributed by atoms with Gasteiger partial charge in [0, 0.05) is 24.8 Å². The summed E-state index contributed by atoms with van der Waals surface area (Å²) in [4.78, 5) is 16.5. The number of nitrogens with zero attached hydrogens (tertiary/aromatic N) is 1. The van der Waals surface area contributed by atoms with Crippen molar-refractivity contribution in [2.45, 2.75) is 33.3 Å². The third kappa shape index (κ3) is 3.87. The van der Waals surface area contributed by atoms with Crippen LogP contribution in [0.1, 0.15) is 33.3 Å². The Morgan fingerprint density at radius 1 is 1.47 bits per heavy atom. The van der Waals surface area contributed by atoms with Crippen molar-refractivity contribution >= 4 is 5.69 Å². The van der Waals surface area contributed by atoms with Gasteiger partial charge in [-0.1, -0.05) is 19.8 Å². The predicted molar refractivity (Wildman–Crippen MR) is 78.6 cm³/mol. The van der Waals surface area contributed by atoms with Crippen molar-refractivity contribution in [3.8, 4) is 12.3 Å². The van der Waals surface area contributed by atoms with Gasteiger partial charge in [0.2, 0.25) is 0 Å². The molecule has 0 amide bonds. The Morgan fingerprint density at radius 3 is 2.74 bits per heavy atom. The number of terminal acetylenes is 1. The van der Waals surface area contributed by atoms with Crippen molar-refractivity contribution in [3.05, 3.63) is 28.2 Å². The van der Waals surface area contributed by atoms with E-state index in [0.29, 0.717) is 30.9 Å². The fourth-order valence-corrected chi connectivity index (χ4v) is 2.01. The minimum absolute atomic E-state index is 0.110. The van der Waals surface area contributed by atoms with Crippen LogP contribution < -0.4 is 10.5 Å². The van der Waals surface area contributed by atoms with Gasteiger partial charge >= 0.3 is 0 Å². The zero-order valence-corrected chi connectivity index (χ0v) is 12.1. The first kappa shape index (κ1) is 15.3. The summed E-state index contributed by atoms with van der Waals surface area (Å²) in [6, 6.07) is 1.75. The molecule has 1 aromatic rings. The second-order valence-electron chi connectivity index (χ2n) is 4.78. The molecule has 0 saturated carbocycles. The monoisotopic (exact) mass is 262 g/mol. The number of rotatable bonds is 1. The van der Waals surface area contributed by atoms with Crippen molar-refractivity contribution in [3.63, 3.8) is 0 Å². The highest BCUT2D eigenvalue weighted by molar-refractivity contribution is 5.50. The molecule has 1 aliphatic heterocycles. The number of anilines is 1. The van der Waals surface area contributed by atoms with Gasteiger partial charge in [0.15, 0.2) is 0 Å². The van der Waals surface area contributed by atoms with Crippen molar-refractivity contribution in [1.29, 1.82) is 0 Å². The molecule has 4 nitrogen and oxygen atoms in total. The molecule has 4 heteroatoms. The van der Waals surface area contributed by atoms with E-state index in [9.17, 15) is 4.79 Å². The van der Waals surface area contributed by atoms with Crippen LogP contribution in [-0.4, -0.2) is 30.3 Å². The van der Waals surface area contributed by atoms with E-state index < -0.39 is 0 Å². The molecular formula is C15H22N2O2. The lowest BCUT2D eigenvalue weighted by atomic mass is 10.1. The molecule has 0 atom stereocenters. The minimum atomic E-state index is -0.239. The molecule has 0 spiro atoms. The van der Waals surface area contributed by atoms with Crippen LogP contribution in [0, 0.1) is 12.3 Å². The number of aromatic nitrogens is 1. The number of nitrogens with one attached hydrogen (secondary N) is 1. The summed E-state index contributed by atoms with van der Waals surface area (Å²) in [5, 5.41) is 0. The van der Waals surface area contributed by atoms with E-state index >= 15 is 0 Å². The van der Waals surface area contributed by atoms with Crippen LogP contribution in [0.15, 0.2) is 17.1 Å². The summed E-state index contributed by atoms with van der Waals surface area (Å²) in [5.41, 5.74) is 0.957. The van der Waals surface area contributed by atoms with Crippen LogP contribution in [0.3, 0.4) is 0 Å². The lowest BCUT2D eigenvalue weighted by Crippen LogP contribution is -2.49. The molecule has 104 valence electrons. The fourth-order valence-electron chi connectivity index (χ4n) is 2.01. The van der Waals surface area contributed by atoms with E-state index in [0.717, 1.165) is 0 Å². The molecule has 1 aliphatic rings. The molecule has 0 radical (unpaired) electrons. The summed E-state index contributed by atoms with van der Waals surface area (Å²) >= 11 is 0. The first-order valence-corrected chi connectivity index (χ1v) is 6.60. The summed E-state index contributed by atoms with van der Waals surface area (Å²) in [7, 11) is 0. The van der Waals surface area contributed by atoms with E-state index in [1.54, 1.807) is 12.3 Å². The van der Waals surface area contributed by atoms with E-state index in [4.69, 9.17) is 11.2 Å². The summed E-state index contributed by atoms with van der Waals surface area (Å²) in [5.74, 6) is 2.53. The molecule has 1 saturated heterocycles. The molecular weight excluding hydrogens is 240 g/mol. The van der Waals surface area contributed by atoms with Crippen molar-refractivity contribution < 1.29 is 4.74 Å². The van der Waals surface area contributed by atoms with Gasteiger partial charge in [0.25, 0.3) is 5.56 Å². The van der Waals surface area contributed by atoms with Crippen LogP contribution in [-0.2, 0) is 4.74 Å². The van der Waals surface area contributed by atoms with Crippen LogP contribution in [0.25, 0.3) is 0 Å². The number of aromatic amines is 1. The van der Waals surface area contributed by atoms with Gasteiger partial charge in [0.1, 0.15) is 5.69 Å². The maximum atomic E-state index is 11.8. The van der Waals surface area contributed by atoms with E-state index in [2.05, 4.69) is 10.9 Å². The Bertz CT molecular complexity index is 512. The first-order valence-electron chi connectivity index (χ1n) is 6.60. The highest BCUT2D eigenvalue weighted by Gasteiger charge is 2.28. The average Bonchev–Trinajstić information content (AvgIpc) is 2.40. The number of ether oxygens (including phenoxy) is 1. The van der Waals surface area contributed by atoms with Gasteiger partial charge in [-0.15, -0.1) is 6.42 Å². The number of pyridine rings is 1. The quantitative estimate of drug-likeness (QED) is 0.787. The third-order valence-electron chi connectivity index (χ3n) is 2.82. The topological polar surface area (TPSA) is 45.3 Å². The van der Waals surface area contributed by atoms with Gasteiger partial charge in [-0.2, -0.15) is 0 Å². The SMILES string of the molecule is C#Cc1c[nH]c(=O)c(N2CCOC(C)(C)C2)c1.CC. The molecule has 2 rings (SSSR count). The predicted octanol–water partition coefficient (Wildman–Crippen LogP) is 2.00. The normalized spacial score (nSPS) is 17.1. The van der Waals surface area contributed by atoms with Crippen LogP contribution in [0.2, 0.25) is 0 Å². The summed E-state index contributed by atoms with van der Waals surface area (Å²) < 4.78 is 5.62. The third-order valence-corrected chi connectivity index (χ3v) is 2.82. The van der Waals surface area contributed by atoms with Gasteiger partial charge < -0.3 is 14.6 Å². The number of H-pyrrole nitrogens is 1. The van der Waals surface area contributed by atoms with Crippen LogP contribution >= 0.6 is 0 Å². The lowest BCUT2D eigenvalue weighted by Gasteiger charge is -2.39. The Kier molecular flexibility index (Phi) is 5.20. The highest BCUT2D eigenvalue weighted by Crippen LogP contribution is 2.20. The maximum absolute atomic E-state index is 11.8. The number of morpholine rings is 1. The Labute approximate surface area is 114 Å². The largest absolute Gasteiger partial charge is 0.372 e. The van der Waals surface area contributed by atoms with Gasteiger partial charge in [0.05, 0.1) is 12.2 Å². The highest BCUT2D eigenvalue weighted by atomic mass is 16.5. The maximum Gasteiger partial charge on any atom is 0.271 e. The summed E-state index contributed by atoms with van der Waals surface area (Å²) in [6.45, 7) is 10.0. The van der Waals surface area contributed by atoms with Gasteiger partial charge in [-0.05, 0) is 19.9 Å². The van der Waals surface area contributed by atoms with Gasteiger partial charge in [-0.25, -0.2) is 0 Å². The molecule has 1 N–H and O–H groups in total. The molecule has 1 fully saturated rings. The molecule has 19 heavy (non-hydrogen) atoms. The molecule has 0 unspecified atom stereocenters. The zero-order chi connectivity index (χ0) is 14.5. The second kappa shape index (κ2) is 6.44. The fraction of sp³-hybridized carbons (Fsp3) is 0.533. The van der Waals surface area contributed by atoms with Crippen molar-refractivity contribution in [2.75, 3.05) is 24.6 Å². The van der Waals surface area contributed by atoms with Crippen LogP contribution in [0.4, 0.5) is 5.69 Å². The van der Waals surface area contributed by atoms with E-state index in [1.165, 1.54) is 0 Å². The Balaban J connectivity index is 0.000000861. The first-order chi connectivity index (χ1) is 9.02. The Hall–Kier alpha value is -1.73. The van der Waals surface area contributed by atoms with E-state index in [-0.39, 0.29) is 11.2 Å². The summed E-state index contributed by atoms with van der Waals surface area (Å²) in [6.07, 6.45) is 6.89. The van der Waals surface area contributed by atoms with Crippen molar-refractivity contribution in [1.82, 2.24) is 4.98 Å². The number of hydrogen-bond acceptors (Lipinski definition) is 3. The van der Waals surface area contributed by atoms with Crippen LogP contribution in [0.5, 0.6) is 0 Å². The molecule has 0 aliphatic carbocycles. The van der Waals surface area contributed by atoms with E-state index in [1.807, 2.05) is 32.6 Å². The molecule has 0 bridgehead atoms. The smallest absolute Gasteiger partial charge is 0.271 e.